The molecule has 400 valence electrons. The molecule has 0 aromatic heterocycles. The second kappa shape index (κ2) is 50.8. The quantitative estimate of drug-likeness (QED) is 0.0243. The first-order chi connectivity index (χ1) is 34.0. The highest BCUT2D eigenvalue weighted by Crippen LogP contribution is 2.43. The molecular formula is C61H106N2O6P+. The lowest BCUT2D eigenvalue weighted by atomic mass is 10.0. The van der Waals surface area contributed by atoms with E-state index >= 15 is 0 Å². The number of nitrogens with zero attached hydrogens (tertiary/aromatic N) is 1. The highest BCUT2D eigenvalue weighted by atomic mass is 31.2. The molecule has 3 N–H and O–H groups in total. The van der Waals surface area contributed by atoms with E-state index in [-0.39, 0.29) is 19.1 Å². The maximum atomic E-state index is 13.0. The summed E-state index contributed by atoms with van der Waals surface area (Å²) in [6, 6.07) is -0.887. The molecule has 0 heterocycles. The van der Waals surface area contributed by atoms with Gasteiger partial charge in [0, 0.05) is 6.42 Å². The minimum absolute atomic E-state index is 0.0439. The van der Waals surface area contributed by atoms with E-state index in [9.17, 15) is 19.4 Å². The molecule has 0 spiro atoms. The van der Waals surface area contributed by atoms with Crippen LogP contribution in [0.1, 0.15) is 206 Å². The molecule has 0 bridgehead atoms. The molecule has 0 aromatic rings. The number of hydrogen-bond acceptors (Lipinski definition) is 5. The fourth-order valence-corrected chi connectivity index (χ4v) is 8.04. The van der Waals surface area contributed by atoms with Gasteiger partial charge in [0.1, 0.15) is 13.2 Å². The first-order valence-corrected chi connectivity index (χ1v) is 29.4. The van der Waals surface area contributed by atoms with Gasteiger partial charge in [0.05, 0.1) is 39.9 Å². The summed E-state index contributed by atoms with van der Waals surface area (Å²) in [5, 5.41) is 13.9. The summed E-state index contributed by atoms with van der Waals surface area (Å²) in [6.07, 6.45) is 75.8. The van der Waals surface area contributed by atoms with Crippen molar-refractivity contribution >= 4 is 13.7 Å². The second-order valence-corrected chi connectivity index (χ2v) is 21.0. The van der Waals surface area contributed by atoms with Crippen LogP contribution in [0.15, 0.2) is 122 Å². The Balaban J connectivity index is 4.38. The van der Waals surface area contributed by atoms with Crippen molar-refractivity contribution in [2.45, 2.75) is 219 Å². The Kier molecular flexibility index (Phi) is 48.6. The summed E-state index contributed by atoms with van der Waals surface area (Å²) in [7, 11) is 1.52. The van der Waals surface area contributed by atoms with Gasteiger partial charge < -0.3 is 19.8 Å². The molecule has 1 amide bonds. The molecule has 3 unspecified atom stereocenters. The summed E-state index contributed by atoms with van der Waals surface area (Å²) in [5.74, 6) is -0.216. The first-order valence-electron chi connectivity index (χ1n) is 27.9. The molecule has 0 radical (unpaired) electrons. The Bertz CT molecular complexity index is 1550. The van der Waals surface area contributed by atoms with Crippen molar-refractivity contribution in [3.05, 3.63) is 122 Å². The second-order valence-electron chi connectivity index (χ2n) is 19.6. The summed E-state index contributed by atoms with van der Waals surface area (Å²) in [4.78, 5) is 23.3. The van der Waals surface area contributed by atoms with Crippen LogP contribution in [-0.4, -0.2) is 73.4 Å². The highest BCUT2D eigenvalue weighted by molar-refractivity contribution is 7.47. The van der Waals surface area contributed by atoms with E-state index in [1.165, 1.54) is 83.5 Å². The summed E-state index contributed by atoms with van der Waals surface area (Å²) in [5.41, 5.74) is 0. The lowest BCUT2D eigenvalue weighted by molar-refractivity contribution is -0.870. The zero-order chi connectivity index (χ0) is 51.3. The van der Waals surface area contributed by atoms with Crippen molar-refractivity contribution in [2.75, 3.05) is 40.9 Å². The number of nitrogens with one attached hydrogen (secondary N) is 1. The van der Waals surface area contributed by atoms with Gasteiger partial charge in [-0.2, -0.15) is 0 Å². The lowest BCUT2D eigenvalue weighted by Crippen LogP contribution is -2.45. The van der Waals surface area contributed by atoms with Gasteiger partial charge in [0.15, 0.2) is 0 Å². The van der Waals surface area contributed by atoms with Crippen LogP contribution in [0.4, 0.5) is 0 Å². The maximum absolute atomic E-state index is 13.0. The van der Waals surface area contributed by atoms with Crippen LogP contribution in [0.3, 0.4) is 0 Å². The van der Waals surface area contributed by atoms with Crippen LogP contribution >= 0.6 is 7.82 Å². The van der Waals surface area contributed by atoms with Crippen molar-refractivity contribution in [2.24, 2.45) is 0 Å². The molecule has 0 fully saturated rings. The van der Waals surface area contributed by atoms with Crippen LogP contribution < -0.4 is 5.32 Å². The molecule has 0 aliphatic heterocycles. The Morgan fingerprint density at radius 3 is 1.31 bits per heavy atom. The minimum Gasteiger partial charge on any atom is -0.387 e. The largest absolute Gasteiger partial charge is 0.472 e. The third-order valence-electron chi connectivity index (χ3n) is 11.7. The molecule has 0 saturated carbocycles. The van der Waals surface area contributed by atoms with Crippen LogP contribution in [0.25, 0.3) is 0 Å². The lowest BCUT2D eigenvalue weighted by Gasteiger charge is -2.25. The maximum Gasteiger partial charge on any atom is 0.472 e. The van der Waals surface area contributed by atoms with Crippen molar-refractivity contribution in [1.82, 2.24) is 5.32 Å². The van der Waals surface area contributed by atoms with Crippen molar-refractivity contribution in [3.63, 3.8) is 0 Å². The van der Waals surface area contributed by atoms with Gasteiger partial charge in [0.2, 0.25) is 5.91 Å². The van der Waals surface area contributed by atoms with Gasteiger partial charge in [0.25, 0.3) is 0 Å². The first kappa shape index (κ1) is 66.9. The number of rotatable bonds is 49. The number of aliphatic hydroxyl groups excluding tert-OH is 1. The summed E-state index contributed by atoms with van der Waals surface area (Å²) >= 11 is 0. The van der Waals surface area contributed by atoms with E-state index in [4.69, 9.17) is 9.05 Å². The number of amides is 1. The number of aliphatic hydroxyl groups is 1. The number of carbonyl (C=O) groups is 1. The molecule has 0 aliphatic rings. The third kappa shape index (κ3) is 52.7. The molecule has 0 saturated heterocycles. The molecule has 3 atom stereocenters. The average Bonchev–Trinajstić information content (AvgIpc) is 3.32. The molecular weight excluding hydrogens is 888 g/mol. The van der Waals surface area contributed by atoms with Crippen molar-refractivity contribution in [1.29, 1.82) is 0 Å². The van der Waals surface area contributed by atoms with Gasteiger partial charge in [-0.1, -0.05) is 225 Å². The predicted molar refractivity (Wildman–Crippen MR) is 304 cm³/mol. The Morgan fingerprint density at radius 1 is 0.500 bits per heavy atom. The van der Waals surface area contributed by atoms with Gasteiger partial charge in [-0.25, -0.2) is 4.57 Å². The van der Waals surface area contributed by atoms with Crippen LogP contribution in [0.2, 0.25) is 0 Å². The third-order valence-corrected chi connectivity index (χ3v) is 12.6. The molecule has 9 heteroatoms. The Morgan fingerprint density at radius 2 is 0.871 bits per heavy atom. The van der Waals surface area contributed by atoms with E-state index in [0.29, 0.717) is 17.4 Å². The number of phosphoric ester groups is 1. The predicted octanol–water partition coefficient (Wildman–Crippen LogP) is 17.0. The highest BCUT2D eigenvalue weighted by Gasteiger charge is 2.27. The number of phosphoric acid groups is 1. The van der Waals surface area contributed by atoms with Crippen molar-refractivity contribution in [3.8, 4) is 0 Å². The van der Waals surface area contributed by atoms with Crippen LogP contribution in [0, 0.1) is 0 Å². The van der Waals surface area contributed by atoms with Crippen LogP contribution in [0.5, 0.6) is 0 Å². The van der Waals surface area contributed by atoms with Crippen LogP contribution in [-0.2, 0) is 18.4 Å². The number of allylic oxidation sites excluding steroid dienone is 19. The number of hydrogen-bond donors (Lipinski definition) is 3. The standard InChI is InChI=1S/C61H105N2O6P/c1-6-8-10-12-14-16-18-20-22-24-26-27-28-29-30-31-32-33-34-35-37-39-41-43-45-47-49-51-53-55-61(65)62-59(58-69-70(66,67)68-57-56-63(3,4)5)60(64)54-52-50-48-46-44-42-40-38-36-25-23-21-19-17-15-13-11-9-7-2/h8,10,14,16,20,22,26-27,29-30,32-33,35,37,41,43-44,46,52,54,59-60,64H,6-7,9,11-13,15,17-19,21,23-25,28,31,34,36,38-40,42,45,47-51,53,55-58H2,1-5H3,(H-,62,65,66,67)/p+1/b10-8-,16-14-,22-20-,27-26-,30-29-,33-32-,37-35-,43-41-,46-44+,54-52+. The fraction of sp³-hybridized carbons (Fsp3) is 0.656. The molecule has 0 aliphatic carbocycles. The number of unbranched alkanes of at least 4 members (excludes halogenated alkanes) is 18. The normalized spacial score (nSPS) is 14.9. The molecule has 70 heavy (non-hydrogen) atoms. The van der Waals surface area contributed by atoms with Gasteiger partial charge in [-0.3, -0.25) is 13.8 Å². The minimum atomic E-state index is -4.37. The summed E-state index contributed by atoms with van der Waals surface area (Å²) < 4.78 is 23.7. The van der Waals surface area contributed by atoms with Gasteiger partial charge in [-0.05, 0) is 96.3 Å². The zero-order valence-corrected chi connectivity index (χ0v) is 46.4. The van der Waals surface area contributed by atoms with E-state index in [1.54, 1.807) is 6.08 Å². The van der Waals surface area contributed by atoms with E-state index in [1.807, 2.05) is 27.2 Å². The van der Waals surface area contributed by atoms with Crippen molar-refractivity contribution < 1.29 is 32.9 Å². The smallest absolute Gasteiger partial charge is 0.387 e. The van der Waals surface area contributed by atoms with E-state index in [2.05, 4.69) is 129 Å². The fourth-order valence-electron chi connectivity index (χ4n) is 7.31. The van der Waals surface area contributed by atoms with Gasteiger partial charge in [-0.15, -0.1) is 0 Å². The average molecular weight is 995 g/mol. The zero-order valence-electron chi connectivity index (χ0n) is 45.5. The molecule has 0 rings (SSSR count). The number of likely N-dealkylation sites (N-methyl/N-ethyl adjacent to an activating group) is 1. The van der Waals surface area contributed by atoms with Gasteiger partial charge >= 0.3 is 7.82 Å². The Labute approximate surface area is 431 Å². The summed E-state index contributed by atoms with van der Waals surface area (Å²) in [6.45, 7) is 4.65. The van der Waals surface area contributed by atoms with E-state index < -0.39 is 20.0 Å². The molecule has 0 aromatic carbocycles. The molecule has 8 nitrogen and oxygen atoms in total. The van der Waals surface area contributed by atoms with E-state index in [0.717, 1.165) is 103 Å². The topological polar surface area (TPSA) is 105 Å². The SMILES string of the molecule is CC/C=C\C/C=C\C/C=C\C/C=C\C/C=C\C/C=C\C/C=C\C/C=C\CCCCCCC(=O)NC(COP(=O)(O)OCC[N+](C)(C)C)C(O)/C=C/CC/C=C/CCCCCCCCCCCCCCC. The number of carbonyl (C=O) groups excluding carboxylic acids is 1. The number of quaternary nitrogens is 1. The monoisotopic (exact) mass is 994 g/mol. The Hall–Kier alpha value is -3.10.